The van der Waals surface area contributed by atoms with Crippen molar-refractivity contribution in [3.63, 3.8) is 0 Å². The average Bonchev–Trinajstić information content (AvgIpc) is 2.73. The van der Waals surface area contributed by atoms with E-state index < -0.39 is 5.97 Å². The topological polar surface area (TPSA) is 84.5 Å². The van der Waals surface area contributed by atoms with E-state index in [-0.39, 0.29) is 11.8 Å². The highest BCUT2D eigenvalue weighted by Crippen LogP contribution is 2.22. The predicted molar refractivity (Wildman–Crippen MR) is 115 cm³/mol. The lowest BCUT2D eigenvalue weighted by atomic mass is 9.94. The van der Waals surface area contributed by atoms with Crippen LogP contribution in [0.1, 0.15) is 54.9 Å². The molecule has 156 valence electrons. The summed E-state index contributed by atoms with van der Waals surface area (Å²) in [6, 6.07) is 13.7. The number of benzene rings is 2. The van der Waals surface area contributed by atoms with E-state index in [1.807, 2.05) is 18.2 Å². The molecule has 0 unspecified atom stereocenters. The molecule has 6 heteroatoms. The number of esters is 1. The van der Waals surface area contributed by atoms with Crippen LogP contribution in [0.25, 0.3) is 0 Å². The minimum absolute atomic E-state index is 0.109. The van der Waals surface area contributed by atoms with Gasteiger partial charge in [-0.1, -0.05) is 36.3 Å². The summed E-state index contributed by atoms with van der Waals surface area (Å²) in [6.45, 7) is 1.62. The molecule has 1 aliphatic carbocycles. The summed E-state index contributed by atoms with van der Waals surface area (Å²) in [6.07, 6.45) is 7.22. The summed E-state index contributed by atoms with van der Waals surface area (Å²) >= 11 is 0. The molecule has 2 N–H and O–H groups in total. The number of ether oxygens (including phenoxy) is 1. The van der Waals surface area contributed by atoms with Crippen molar-refractivity contribution in [3.05, 3.63) is 71.3 Å². The van der Waals surface area contributed by atoms with E-state index in [0.717, 1.165) is 31.2 Å². The normalized spacial score (nSPS) is 13.3. The molecule has 0 radical (unpaired) electrons. The number of rotatable bonds is 6. The van der Waals surface area contributed by atoms with E-state index in [1.54, 1.807) is 30.3 Å². The van der Waals surface area contributed by atoms with E-state index in [0.29, 0.717) is 23.5 Å². The standard InChI is InChI=1S/C24H26N2O4/c1-17(27)30-21-12-7-11-19(15-21)24(29)26-22-13-6-5-10-20(22)16-25-23(28)14-18-8-3-2-4-9-18/h5-7,10-15H,2-4,8-9,16H2,1H3,(H,25,28)(H,26,29). The van der Waals surface area contributed by atoms with Crippen LogP contribution in [-0.4, -0.2) is 17.8 Å². The molecule has 0 atom stereocenters. The SMILES string of the molecule is CC(=O)Oc1cccc(C(=O)Nc2ccccc2CNC(=O)C=C2CCCCC2)c1. The maximum Gasteiger partial charge on any atom is 0.308 e. The van der Waals surface area contributed by atoms with Gasteiger partial charge in [0.2, 0.25) is 5.91 Å². The molecule has 0 aromatic heterocycles. The lowest BCUT2D eigenvalue weighted by Crippen LogP contribution is -2.22. The molecule has 6 nitrogen and oxygen atoms in total. The van der Waals surface area contributed by atoms with Crippen molar-refractivity contribution in [1.82, 2.24) is 5.32 Å². The third kappa shape index (κ3) is 6.30. The molecule has 0 aliphatic heterocycles. The fourth-order valence-electron chi connectivity index (χ4n) is 3.43. The zero-order valence-electron chi connectivity index (χ0n) is 17.1. The van der Waals surface area contributed by atoms with Gasteiger partial charge in [0.1, 0.15) is 5.75 Å². The number of para-hydroxylation sites is 1. The van der Waals surface area contributed by atoms with Crippen molar-refractivity contribution < 1.29 is 19.1 Å². The van der Waals surface area contributed by atoms with E-state index in [4.69, 9.17) is 4.74 Å². The highest BCUT2D eigenvalue weighted by Gasteiger charge is 2.12. The largest absolute Gasteiger partial charge is 0.427 e. The monoisotopic (exact) mass is 406 g/mol. The number of amides is 2. The Balaban J connectivity index is 1.64. The summed E-state index contributed by atoms with van der Waals surface area (Å²) in [4.78, 5) is 36.0. The molecule has 1 fully saturated rings. The maximum atomic E-state index is 12.7. The van der Waals surface area contributed by atoms with Crippen molar-refractivity contribution in [1.29, 1.82) is 0 Å². The Morgan fingerprint density at radius 3 is 2.53 bits per heavy atom. The van der Waals surface area contributed by atoms with E-state index in [2.05, 4.69) is 10.6 Å². The van der Waals surface area contributed by atoms with Gasteiger partial charge in [-0.15, -0.1) is 0 Å². The second-order valence-corrected chi connectivity index (χ2v) is 7.31. The van der Waals surface area contributed by atoms with Crippen molar-refractivity contribution in [2.24, 2.45) is 0 Å². The quantitative estimate of drug-likeness (QED) is 0.424. The number of nitrogens with one attached hydrogen (secondary N) is 2. The van der Waals surface area contributed by atoms with E-state index in [1.165, 1.54) is 25.0 Å². The fourth-order valence-corrected chi connectivity index (χ4v) is 3.43. The molecule has 1 saturated carbocycles. The van der Waals surface area contributed by atoms with Crippen LogP contribution in [0.15, 0.2) is 60.2 Å². The molecule has 2 aromatic carbocycles. The molecular weight excluding hydrogens is 380 g/mol. The van der Waals surface area contributed by atoms with Crippen LogP contribution in [0.2, 0.25) is 0 Å². The lowest BCUT2D eigenvalue weighted by molar-refractivity contribution is -0.131. The first-order valence-electron chi connectivity index (χ1n) is 10.2. The smallest absolute Gasteiger partial charge is 0.308 e. The Morgan fingerprint density at radius 1 is 1.00 bits per heavy atom. The summed E-state index contributed by atoms with van der Waals surface area (Å²) in [5.41, 5.74) is 2.99. The lowest BCUT2D eigenvalue weighted by Gasteiger charge is -2.14. The number of carbonyl (C=O) groups is 3. The second kappa shape index (κ2) is 10.4. The van der Waals surface area contributed by atoms with Gasteiger partial charge in [0.15, 0.2) is 0 Å². The number of hydrogen-bond donors (Lipinski definition) is 2. The van der Waals surface area contributed by atoms with Crippen molar-refractivity contribution >= 4 is 23.5 Å². The molecule has 0 saturated heterocycles. The molecule has 0 spiro atoms. The summed E-state index contributed by atoms with van der Waals surface area (Å²) in [7, 11) is 0. The first-order chi connectivity index (χ1) is 14.5. The van der Waals surface area contributed by atoms with Gasteiger partial charge < -0.3 is 15.4 Å². The summed E-state index contributed by atoms with van der Waals surface area (Å²) in [5.74, 6) is -0.572. The van der Waals surface area contributed by atoms with Gasteiger partial charge in [0.05, 0.1) is 0 Å². The van der Waals surface area contributed by atoms with Crippen molar-refractivity contribution in [3.8, 4) is 5.75 Å². The Hall–Kier alpha value is -3.41. The molecule has 3 rings (SSSR count). The Bertz CT molecular complexity index is 957. The molecule has 1 aliphatic rings. The fraction of sp³-hybridized carbons (Fsp3) is 0.292. The van der Waals surface area contributed by atoms with Gasteiger partial charge in [0.25, 0.3) is 5.91 Å². The summed E-state index contributed by atoms with van der Waals surface area (Å²) in [5, 5.41) is 5.77. The Kier molecular flexibility index (Phi) is 7.38. The van der Waals surface area contributed by atoms with Crippen LogP contribution in [0, 0.1) is 0 Å². The minimum Gasteiger partial charge on any atom is -0.427 e. The molecule has 2 aromatic rings. The Morgan fingerprint density at radius 2 is 1.77 bits per heavy atom. The highest BCUT2D eigenvalue weighted by molar-refractivity contribution is 6.05. The molecule has 0 bridgehead atoms. The maximum absolute atomic E-state index is 12.7. The number of hydrogen-bond acceptors (Lipinski definition) is 4. The molecular formula is C24H26N2O4. The average molecular weight is 406 g/mol. The minimum atomic E-state index is -0.447. The zero-order valence-corrected chi connectivity index (χ0v) is 17.1. The summed E-state index contributed by atoms with van der Waals surface area (Å²) < 4.78 is 5.03. The van der Waals surface area contributed by atoms with Gasteiger partial charge >= 0.3 is 5.97 Å². The van der Waals surface area contributed by atoms with Crippen LogP contribution in [0.3, 0.4) is 0 Å². The third-order valence-corrected chi connectivity index (χ3v) is 4.91. The predicted octanol–water partition coefficient (Wildman–Crippen LogP) is 4.37. The van der Waals surface area contributed by atoms with E-state index in [9.17, 15) is 14.4 Å². The van der Waals surface area contributed by atoms with Crippen LogP contribution in [-0.2, 0) is 16.1 Å². The molecule has 0 heterocycles. The van der Waals surface area contributed by atoms with Gasteiger partial charge in [-0.05, 0) is 55.5 Å². The van der Waals surface area contributed by atoms with Gasteiger partial charge in [-0.25, -0.2) is 0 Å². The van der Waals surface area contributed by atoms with Crippen molar-refractivity contribution in [2.45, 2.75) is 45.6 Å². The van der Waals surface area contributed by atoms with Crippen LogP contribution in [0.4, 0.5) is 5.69 Å². The van der Waals surface area contributed by atoms with Crippen molar-refractivity contribution in [2.75, 3.05) is 5.32 Å². The number of carbonyl (C=O) groups excluding carboxylic acids is 3. The number of allylic oxidation sites excluding steroid dienone is 1. The highest BCUT2D eigenvalue weighted by atomic mass is 16.5. The van der Waals surface area contributed by atoms with Gasteiger partial charge in [-0.2, -0.15) is 0 Å². The van der Waals surface area contributed by atoms with Gasteiger partial charge in [0, 0.05) is 30.8 Å². The Labute approximate surface area is 176 Å². The first-order valence-corrected chi connectivity index (χ1v) is 10.2. The zero-order chi connectivity index (χ0) is 21.3. The van der Waals surface area contributed by atoms with Gasteiger partial charge in [-0.3, -0.25) is 14.4 Å². The first kappa shape index (κ1) is 21.3. The van der Waals surface area contributed by atoms with Crippen LogP contribution < -0.4 is 15.4 Å². The molecule has 2 amide bonds. The third-order valence-electron chi connectivity index (χ3n) is 4.91. The molecule has 30 heavy (non-hydrogen) atoms. The van der Waals surface area contributed by atoms with Crippen LogP contribution >= 0.6 is 0 Å². The van der Waals surface area contributed by atoms with Crippen LogP contribution in [0.5, 0.6) is 5.75 Å². The second-order valence-electron chi connectivity index (χ2n) is 7.31. The van der Waals surface area contributed by atoms with E-state index >= 15 is 0 Å². The number of anilines is 1.